The van der Waals surface area contributed by atoms with Gasteiger partial charge in [0.05, 0.1) is 11.4 Å². The molecule has 2 aromatic carbocycles. The Balaban J connectivity index is 1.36. The fourth-order valence-corrected chi connectivity index (χ4v) is 4.54. The van der Waals surface area contributed by atoms with Crippen LogP contribution >= 0.6 is 0 Å². The number of aromatic nitrogens is 2. The summed E-state index contributed by atoms with van der Waals surface area (Å²) in [7, 11) is 0. The van der Waals surface area contributed by atoms with Crippen LogP contribution in [0.4, 0.5) is 14.5 Å². The van der Waals surface area contributed by atoms with Crippen molar-refractivity contribution < 1.29 is 13.6 Å². The Morgan fingerprint density at radius 3 is 2.52 bits per heavy atom. The fraction of sp³-hybridized carbons (Fsp3) is 0.231. The van der Waals surface area contributed by atoms with Gasteiger partial charge in [-0.2, -0.15) is 0 Å². The third-order valence-corrected chi connectivity index (χ3v) is 6.26. The number of amides is 1. The number of anilines is 1. The Labute approximate surface area is 190 Å². The molecule has 1 saturated heterocycles. The summed E-state index contributed by atoms with van der Waals surface area (Å²) in [6, 6.07) is 18.8. The smallest absolute Gasteiger partial charge is 0.223 e. The van der Waals surface area contributed by atoms with Crippen molar-refractivity contribution in [3.05, 3.63) is 102 Å². The lowest BCUT2D eigenvalue weighted by molar-refractivity contribution is -0.131. The molecule has 0 bridgehead atoms. The average molecular weight is 447 g/mol. The second-order valence-corrected chi connectivity index (χ2v) is 8.24. The van der Waals surface area contributed by atoms with Gasteiger partial charge in [-0.1, -0.05) is 30.3 Å². The first kappa shape index (κ1) is 21.1. The molecule has 1 fully saturated rings. The first-order valence-electron chi connectivity index (χ1n) is 11.0. The van der Waals surface area contributed by atoms with E-state index in [0.29, 0.717) is 31.9 Å². The van der Waals surface area contributed by atoms with Gasteiger partial charge in [0.15, 0.2) is 0 Å². The van der Waals surface area contributed by atoms with E-state index in [1.165, 1.54) is 18.2 Å². The maximum atomic E-state index is 14.1. The van der Waals surface area contributed by atoms with E-state index in [0.717, 1.165) is 16.9 Å². The maximum absolute atomic E-state index is 14.1. The molecule has 1 unspecified atom stereocenters. The molecule has 4 aromatic rings. The summed E-state index contributed by atoms with van der Waals surface area (Å²) >= 11 is 0. The lowest BCUT2D eigenvalue weighted by atomic mass is 9.92. The van der Waals surface area contributed by atoms with Crippen molar-refractivity contribution in [1.82, 2.24) is 14.3 Å². The van der Waals surface area contributed by atoms with Gasteiger partial charge in [0.25, 0.3) is 0 Å². The van der Waals surface area contributed by atoms with Crippen LogP contribution < -0.4 is 4.90 Å². The van der Waals surface area contributed by atoms with Gasteiger partial charge >= 0.3 is 0 Å². The SMILES string of the molecule is O=C(CC(c1cccc(F)c1)c1cnc2ccccn12)N1CCN(c2ccccc2F)CC1. The van der Waals surface area contributed by atoms with Gasteiger partial charge in [-0.15, -0.1) is 0 Å². The van der Waals surface area contributed by atoms with Gasteiger partial charge < -0.3 is 14.2 Å². The number of fused-ring (bicyclic) bond motifs is 1. The molecule has 3 heterocycles. The molecule has 0 aliphatic carbocycles. The normalized spacial score (nSPS) is 15.1. The van der Waals surface area contributed by atoms with Crippen molar-refractivity contribution >= 4 is 17.2 Å². The summed E-state index contributed by atoms with van der Waals surface area (Å²) in [5.74, 6) is -0.938. The van der Waals surface area contributed by atoms with Gasteiger partial charge in [-0.25, -0.2) is 13.8 Å². The summed E-state index contributed by atoms with van der Waals surface area (Å²) in [5, 5.41) is 0. The maximum Gasteiger partial charge on any atom is 0.223 e. The Kier molecular flexibility index (Phi) is 5.77. The molecule has 168 valence electrons. The Hall–Kier alpha value is -3.74. The molecule has 0 N–H and O–H groups in total. The van der Waals surface area contributed by atoms with Crippen LogP contribution in [0.25, 0.3) is 5.65 Å². The van der Waals surface area contributed by atoms with E-state index in [4.69, 9.17) is 0 Å². The molecular weight excluding hydrogens is 422 g/mol. The number of rotatable bonds is 5. The van der Waals surface area contributed by atoms with Crippen LogP contribution in [0.5, 0.6) is 0 Å². The third kappa shape index (κ3) is 4.31. The van der Waals surface area contributed by atoms with Crippen LogP contribution in [-0.2, 0) is 4.79 Å². The van der Waals surface area contributed by atoms with E-state index in [1.807, 2.05) is 50.7 Å². The van der Waals surface area contributed by atoms with E-state index in [9.17, 15) is 13.6 Å². The molecule has 1 aliphatic rings. The van der Waals surface area contributed by atoms with Crippen LogP contribution in [0.3, 0.4) is 0 Å². The number of benzene rings is 2. The molecule has 1 aliphatic heterocycles. The molecule has 7 heteroatoms. The first-order chi connectivity index (χ1) is 16.1. The lowest BCUT2D eigenvalue weighted by Crippen LogP contribution is -2.49. The number of piperazine rings is 1. The van der Waals surface area contributed by atoms with Crippen molar-refractivity contribution in [2.75, 3.05) is 31.1 Å². The molecule has 2 aromatic heterocycles. The highest BCUT2D eigenvalue weighted by Crippen LogP contribution is 2.30. The van der Waals surface area contributed by atoms with Crippen molar-refractivity contribution in [2.24, 2.45) is 0 Å². The number of halogens is 2. The molecule has 0 spiro atoms. The van der Waals surface area contributed by atoms with Gasteiger partial charge in [0.1, 0.15) is 17.3 Å². The van der Waals surface area contributed by atoms with Crippen LogP contribution in [-0.4, -0.2) is 46.4 Å². The van der Waals surface area contributed by atoms with Crippen LogP contribution in [0.2, 0.25) is 0 Å². The fourth-order valence-electron chi connectivity index (χ4n) is 4.54. The number of hydrogen-bond acceptors (Lipinski definition) is 3. The lowest BCUT2D eigenvalue weighted by Gasteiger charge is -2.36. The number of imidazole rings is 1. The summed E-state index contributed by atoms with van der Waals surface area (Å²) in [5.41, 5.74) is 2.92. The predicted octanol–water partition coefficient (Wildman–Crippen LogP) is 4.48. The summed E-state index contributed by atoms with van der Waals surface area (Å²) in [4.78, 5) is 21.6. The van der Waals surface area contributed by atoms with Crippen molar-refractivity contribution in [3.63, 3.8) is 0 Å². The zero-order valence-electron chi connectivity index (χ0n) is 18.1. The zero-order valence-corrected chi connectivity index (χ0v) is 18.1. The molecule has 33 heavy (non-hydrogen) atoms. The predicted molar refractivity (Wildman–Crippen MR) is 123 cm³/mol. The Morgan fingerprint density at radius 1 is 0.939 bits per heavy atom. The molecular formula is C26H24F2N4O. The third-order valence-electron chi connectivity index (χ3n) is 6.26. The summed E-state index contributed by atoms with van der Waals surface area (Å²) < 4.78 is 30.1. The molecule has 5 rings (SSSR count). The van der Waals surface area contributed by atoms with Gasteiger partial charge in [0.2, 0.25) is 5.91 Å². The second kappa shape index (κ2) is 9.02. The van der Waals surface area contributed by atoms with E-state index in [2.05, 4.69) is 4.98 Å². The first-order valence-corrected chi connectivity index (χ1v) is 11.0. The minimum atomic E-state index is -0.338. The second-order valence-electron chi connectivity index (χ2n) is 8.24. The van der Waals surface area contributed by atoms with Crippen LogP contribution in [0, 0.1) is 11.6 Å². The topological polar surface area (TPSA) is 40.9 Å². The molecule has 1 amide bonds. The number of nitrogens with zero attached hydrogens (tertiary/aromatic N) is 4. The van der Waals surface area contributed by atoms with E-state index < -0.39 is 0 Å². The largest absolute Gasteiger partial charge is 0.366 e. The minimum absolute atomic E-state index is 0.0108. The number of pyridine rings is 1. The summed E-state index contributed by atoms with van der Waals surface area (Å²) in [6.07, 6.45) is 3.86. The average Bonchev–Trinajstić information content (AvgIpc) is 3.27. The zero-order chi connectivity index (χ0) is 22.8. The van der Waals surface area contributed by atoms with Gasteiger partial charge in [-0.05, 0) is 42.0 Å². The number of para-hydroxylation sites is 1. The van der Waals surface area contributed by atoms with Crippen LogP contribution in [0.1, 0.15) is 23.6 Å². The number of carbonyl (C=O) groups excluding carboxylic acids is 1. The molecule has 0 saturated carbocycles. The van der Waals surface area contributed by atoms with Crippen molar-refractivity contribution in [1.29, 1.82) is 0 Å². The van der Waals surface area contributed by atoms with Crippen molar-refractivity contribution in [3.8, 4) is 0 Å². The van der Waals surface area contributed by atoms with E-state index >= 15 is 0 Å². The highest BCUT2D eigenvalue weighted by molar-refractivity contribution is 5.78. The van der Waals surface area contributed by atoms with Gasteiger partial charge in [-0.3, -0.25) is 4.79 Å². The van der Waals surface area contributed by atoms with Crippen molar-refractivity contribution in [2.45, 2.75) is 12.3 Å². The standard InChI is InChI=1S/C26H24F2N4O/c27-20-7-5-6-19(16-20)21(24-18-29-25-10-3-4-11-32(24)25)17-26(33)31-14-12-30(13-15-31)23-9-2-1-8-22(23)28/h1-11,16,18,21H,12-15,17H2. The Bertz CT molecular complexity index is 1280. The molecule has 1 atom stereocenters. The van der Waals surface area contributed by atoms with Gasteiger partial charge in [0, 0.05) is 50.9 Å². The molecule has 5 nitrogen and oxygen atoms in total. The molecule has 0 radical (unpaired) electrons. The number of hydrogen-bond donors (Lipinski definition) is 0. The monoisotopic (exact) mass is 446 g/mol. The van der Waals surface area contributed by atoms with E-state index in [1.54, 1.807) is 24.4 Å². The summed E-state index contributed by atoms with van der Waals surface area (Å²) in [6.45, 7) is 2.15. The quantitative estimate of drug-likeness (QED) is 0.454. The Morgan fingerprint density at radius 2 is 1.73 bits per heavy atom. The van der Waals surface area contributed by atoms with Crippen LogP contribution in [0.15, 0.2) is 79.1 Å². The van der Waals surface area contributed by atoms with E-state index in [-0.39, 0.29) is 29.9 Å². The number of carbonyl (C=O) groups is 1. The highest BCUT2D eigenvalue weighted by Gasteiger charge is 2.27. The minimum Gasteiger partial charge on any atom is -0.366 e. The highest BCUT2D eigenvalue weighted by atomic mass is 19.1.